The maximum Gasteiger partial charge on any atom is 0.195 e. The van der Waals surface area contributed by atoms with Crippen LogP contribution in [0.1, 0.15) is 41.9 Å². The topological polar surface area (TPSA) is 86.2 Å². The van der Waals surface area contributed by atoms with Crippen LogP contribution in [0.4, 0.5) is 0 Å². The largest absolute Gasteiger partial charge is 0.446 e. The monoisotopic (exact) mass is 258 g/mol. The zero-order valence-corrected chi connectivity index (χ0v) is 10.8. The van der Waals surface area contributed by atoms with Gasteiger partial charge in [0.1, 0.15) is 16.7 Å². The number of hydrogen-bond donors (Lipinski definition) is 1. The first kappa shape index (κ1) is 12.6. The molecule has 1 unspecified atom stereocenters. The summed E-state index contributed by atoms with van der Waals surface area (Å²) in [7, 11) is -3.05. The molecule has 0 spiro atoms. The smallest absolute Gasteiger partial charge is 0.195 e. The number of rotatable bonds is 3. The van der Waals surface area contributed by atoms with Crippen LogP contribution in [0.2, 0.25) is 0 Å². The molecule has 1 aromatic rings. The van der Waals surface area contributed by atoms with E-state index in [0.717, 1.165) is 12.8 Å². The average Bonchev–Trinajstić information content (AvgIpc) is 2.59. The zero-order valence-electron chi connectivity index (χ0n) is 9.98. The molecule has 1 saturated heterocycles. The Labute approximate surface area is 101 Å². The third kappa shape index (κ3) is 2.52. The molecule has 5 nitrogen and oxygen atoms in total. The SMILES string of the molecule is Cc1oc(CCN)nc1C1CCCCS1(=O)=O. The summed E-state index contributed by atoms with van der Waals surface area (Å²) in [5.74, 6) is 1.42. The van der Waals surface area contributed by atoms with Gasteiger partial charge in [0.05, 0.1) is 5.75 Å². The Hall–Kier alpha value is -0.880. The minimum atomic E-state index is -3.05. The number of nitrogens with zero attached hydrogens (tertiary/aromatic N) is 1. The lowest BCUT2D eigenvalue weighted by Gasteiger charge is -2.20. The van der Waals surface area contributed by atoms with Crippen LogP contribution >= 0.6 is 0 Å². The lowest BCUT2D eigenvalue weighted by Crippen LogP contribution is -2.22. The Morgan fingerprint density at radius 3 is 2.88 bits per heavy atom. The second kappa shape index (κ2) is 4.78. The number of nitrogens with two attached hydrogens (primary N) is 1. The lowest BCUT2D eigenvalue weighted by atomic mass is 10.1. The zero-order chi connectivity index (χ0) is 12.5. The van der Waals surface area contributed by atoms with E-state index >= 15 is 0 Å². The molecular formula is C11H18N2O3S. The van der Waals surface area contributed by atoms with Crippen molar-refractivity contribution < 1.29 is 12.8 Å². The van der Waals surface area contributed by atoms with Crippen molar-refractivity contribution in [2.24, 2.45) is 5.73 Å². The van der Waals surface area contributed by atoms with Crippen LogP contribution in [0.15, 0.2) is 4.42 Å². The second-order valence-corrected chi connectivity index (χ2v) is 6.74. The van der Waals surface area contributed by atoms with Crippen LogP contribution in [0.25, 0.3) is 0 Å². The van der Waals surface area contributed by atoms with Gasteiger partial charge in [0.2, 0.25) is 0 Å². The summed E-state index contributed by atoms with van der Waals surface area (Å²) < 4.78 is 29.4. The molecule has 0 aromatic carbocycles. The van der Waals surface area contributed by atoms with Gasteiger partial charge in [0, 0.05) is 13.0 Å². The van der Waals surface area contributed by atoms with E-state index in [0.29, 0.717) is 36.7 Å². The van der Waals surface area contributed by atoms with Gasteiger partial charge in [-0.2, -0.15) is 0 Å². The summed E-state index contributed by atoms with van der Waals surface area (Å²) in [5.41, 5.74) is 6.02. The van der Waals surface area contributed by atoms with Crippen molar-refractivity contribution in [1.29, 1.82) is 0 Å². The molecule has 0 aliphatic carbocycles. The van der Waals surface area contributed by atoms with E-state index in [-0.39, 0.29) is 5.75 Å². The molecule has 1 fully saturated rings. The van der Waals surface area contributed by atoms with E-state index in [1.54, 1.807) is 6.92 Å². The first-order chi connectivity index (χ1) is 8.04. The van der Waals surface area contributed by atoms with Crippen molar-refractivity contribution in [2.45, 2.75) is 37.9 Å². The Morgan fingerprint density at radius 2 is 2.24 bits per heavy atom. The van der Waals surface area contributed by atoms with Gasteiger partial charge in [-0.3, -0.25) is 0 Å². The molecule has 0 bridgehead atoms. The van der Waals surface area contributed by atoms with Crippen LogP contribution in [0.3, 0.4) is 0 Å². The van der Waals surface area contributed by atoms with E-state index in [1.807, 2.05) is 0 Å². The van der Waals surface area contributed by atoms with E-state index < -0.39 is 15.1 Å². The van der Waals surface area contributed by atoms with E-state index in [9.17, 15) is 8.42 Å². The second-order valence-electron chi connectivity index (χ2n) is 4.44. The third-order valence-corrected chi connectivity index (χ3v) is 5.30. The molecule has 1 aromatic heterocycles. The molecule has 0 amide bonds. The summed E-state index contributed by atoms with van der Waals surface area (Å²) in [4.78, 5) is 4.29. The van der Waals surface area contributed by atoms with Crippen molar-refractivity contribution >= 4 is 9.84 Å². The highest BCUT2D eigenvalue weighted by molar-refractivity contribution is 7.91. The van der Waals surface area contributed by atoms with Gasteiger partial charge in [0.25, 0.3) is 0 Å². The number of sulfone groups is 1. The van der Waals surface area contributed by atoms with Gasteiger partial charge in [-0.15, -0.1) is 0 Å². The van der Waals surface area contributed by atoms with Crippen LogP contribution in [-0.4, -0.2) is 25.7 Å². The predicted octanol–water partition coefficient (Wildman–Crippen LogP) is 1.12. The number of aryl methyl sites for hydroxylation is 1. The van der Waals surface area contributed by atoms with Gasteiger partial charge >= 0.3 is 0 Å². The molecule has 1 atom stereocenters. The van der Waals surface area contributed by atoms with E-state index in [4.69, 9.17) is 10.2 Å². The molecule has 96 valence electrons. The van der Waals surface area contributed by atoms with Gasteiger partial charge in [-0.1, -0.05) is 6.42 Å². The fraction of sp³-hybridized carbons (Fsp3) is 0.727. The molecule has 1 aliphatic heterocycles. The highest BCUT2D eigenvalue weighted by Gasteiger charge is 2.34. The highest BCUT2D eigenvalue weighted by Crippen LogP contribution is 2.34. The normalized spacial score (nSPS) is 23.8. The Balaban J connectivity index is 2.32. The fourth-order valence-electron chi connectivity index (χ4n) is 2.26. The first-order valence-corrected chi connectivity index (χ1v) is 7.64. The number of hydrogen-bond acceptors (Lipinski definition) is 5. The molecule has 0 saturated carbocycles. The molecule has 2 rings (SSSR count). The quantitative estimate of drug-likeness (QED) is 0.878. The average molecular weight is 258 g/mol. The maximum atomic E-state index is 12.0. The molecule has 1 aliphatic rings. The standard InChI is InChI=1S/C11H18N2O3S/c1-8-11(13-10(16-8)5-6-12)9-4-2-3-7-17(9,14)15/h9H,2-7,12H2,1H3. The minimum Gasteiger partial charge on any atom is -0.446 e. The van der Waals surface area contributed by atoms with Gasteiger partial charge in [-0.05, 0) is 19.8 Å². The van der Waals surface area contributed by atoms with Crippen molar-refractivity contribution in [2.75, 3.05) is 12.3 Å². The van der Waals surface area contributed by atoms with Crippen LogP contribution < -0.4 is 5.73 Å². The maximum absolute atomic E-state index is 12.0. The molecule has 6 heteroatoms. The summed E-state index contributed by atoms with van der Waals surface area (Å²) in [5, 5.41) is -0.480. The summed E-state index contributed by atoms with van der Waals surface area (Å²) >= 11 is 0. The van der Waals surface area contributed by atoms with Crippen molar-refractivity contribution in [3.8, 4) is 0 Å². The van der Waals surface area contributed by atoms with Gasteiger partial charge < -0.3 is 10.2 Å². The third-order valence-electron chi connectivity index (χ3n) is 3.12. The fourth-order valence-corrected chi connectivity index (χ4v) is 4.23. The molecule has 2 N–H and O–H groups in total. The molecule has 2 heterocycles. The highest BCUT2D eigenvalue weighted by atomic mass is 32.2. The first-order valence-electron chi connectivity index (χ1n) is 5.92. The summed E-state index contributed by atoms with van der Waals surface area (Å²) in [6.07, 6.45) is 2.89. The van der Waals surface area contributed by atoms with E-state index in [2.05, 4.69) is 4.98 Å². The summed E-state index contributed by atoms with van der Waals surface area (Å²) in [6.45, 7) is 2.23. The Morgan fingerprint density at radius 1 is 1.47 bits per heavy atom. The predicted molar refractivity (Wildman–Crippen MR) is 64.4 cm³/mol. The Kier molecular flexibility index (Phi) is 3.53. The van der Waals surface area contributed by atoms with Crippen molar-refractivity contribution in [1.82, 2.24) is 4.98 Å². The van der Waals surface area contributed by atoms with E-state index in [1.165, 1.54) is 0 Å². The van der Waals surface area contributed by atoms with Crippen LogP contribution in [-0.2, 0) is 16.3 Å². The molecule has 0 radical (unpaired) electrons. The van der Waals surface area contributed by atoms with Crippen LogP contribution in [0, 0.1) is 6.92 Å². The lowest BCUT2D eigenvalue weighted by molar-refractivity contribution is 0.470. The number of oxazole rings is 1. The number of aromatic nitrogens is 1. The minimum absolute atomic E-state index is 0.260. The Bertz CT molecular complexity index is 493. The van der Waals surface area contributed by atoms with Gasteiger partial charge in [0.15, 0.2) is 15.7 Å². The molecular weight excluding hydrogens is 240 g/mol. The molecule has 17 heavy (non-hydrogen) atoms. The van der Waals surface area contributed by atoms with Gasteiger partial charge in [-0.25, -0.2) is 13.4 Å². The van der Waals surface area contributed by atoms with Crippen molar-refractivity contribution in [3.63, 3.8) is 0 Å². The van der Waals surface area contributed by atoms with Crippen molar-refractivity contribution in [3.05, 3.63) is 17.3 Å². The summed E-state index contributed by atoms with van der Waals surface area (Å²) in [6, 6.07) is 0. The van der Waals surface area contributed by atoms with Crippen LogP contribution in [0.5, 0.6) is 0 Å².